The van der Waals surface area contributed by atoms with Crippen LogP contribution in [0.5, 0.6) is 0 Å². The number of epoxide rings is 1. The van der Waals surface area contributed by atoms with E-state index in [0.717, 1.165) is 6.42 Å². The first kappa shape index (κ1) is 29.4. The summed E-state index contributed by atoms with van der Waals surface area (Å²) < 4.78 is 19.0. The van der Waals surface area contributed by atoms with Crippen LogP contribution in [0, 0.1) is 0 Å². The quantitative estimate of drug-likeness (QED) is 0.143. The highest BCUT2D eigenvalue weighted by atomic mass is 28.4. The lowest BCUT2D eigenvalue weighted by Crippen LogP contribution is -2.65. The fraction of sp³-hybridized carbons (Fsp3) is 0.567. The molecule has 0 saturated carbocycles. The Morgan fingerprint density at radius 1 is 1.10 bits per heavy atom. The molecule has 9 heteroatoms. The van der Waals surface area contributed by atoms with Crippen LogP contribution in [-0.4, -0.2) is 60.5 Å². The lowest BCUT2D eigenvalue weighted by molar-refractivity contribution is -0.157. The molecular formula is C30H41NO7Si. The van der Waals surface area contributed by atoms with E-state index < -0.39 is 49.3 Å². The van der Waals surface area contributed by atoms with Gasteiger partial charge in [-0.1, -0.05) is 91.0 Å². The minimum absolute atomic E-state index is 0.0432. The minimum atomic E-state index is -2.87. The van der Waals surface area contributed by atoms with E-state index in [0.29, 0.717) is 0 Å². The maximum atomic E-state index is 14.1. The lowest BCUT2D eigenvalue weighted by atomic mass is 9.85. The summed E-state index contributed by atoms with van der Waals surface area (Å²) in [6, 6.07) is 8.20. The molecule has 2 fully saturated rings. The summed E-state index contributed by atoms with van der Waals surface area (Å²) in [5, 5.41) is 14.6. The Kier molecular flexibility index (Phi) is 7.86. The Labute approximate surface area is 231 Å². The summed E-state index contributed by atoms with van der Waals surface area (Å²) in [5.74, 6) is -2.02. The van der Waals surface area contributed by atoms with Crippen LogP contribution in [0.2, 0.25) is 16.6 Å². The number of carbonyl (C=O) groups is 3. The second kappa shape index (κ2) is 10.4. The van der Waals surface area contributed by atoms with Crippen molar-refractivity contribution in [2.45, 2.75) is 108 Å². The van der Waals surface area contributed by atoms with Crippen molar-refractivity contribution in [1.82, 2.24) is 5.32 Å². The van der Waals surface area contributed by atoms with Crippen LogP contribution in [-0.2, 0) is 23.5 Å². The van der Waals surface area contributed by atoms with Crippen LogP contribution < -0.4 is 5.32 Å². The Balaban J connectivity index is 1.85. The van der Waals surface area contributed by atoms with Crippen molar-refractivity contribution < 1.29 is 33.4 Å². The number of aliphatic hydroxyl groups is 1. The van der Waals surface area contributed by atoms with Crippen molar-refractivity contribution in [3.63, 3.8) is 0 Å². The Bertz CT molecular complexity index is 1190. The Morgan fingerprint density at radius 2 is 1.69 bits per heavy atom. The van der Waals surface area contributed by atoms with Crippen molar-refractivity contribution >= 4 is 25.8 Å². The normalized spacial score (nSPS) is 30.8. The predicted octanol–water partition coefficient (Wildman–Crippen LogP) is 4.59. The molecule has 5 atom stereocenters. The van der Waals surface area contributed by atoms with Gasteiger partial charge in [0.2, 0.25) is 25.6 Å². The third-order valence-corrected chi connectivity index (χ3v) is 14.5. The van der Waals surface area contributed by atoms with Gasteiger partial charge in [0.25, 0.3) is 11.5 Å². The summed E-state index contributed by atoms with van der Waals surface area (Å²) >= 11 is 0. The van der Waals surface area contributed by atoms with Crippen LogP contribution in [0.4, 0.5) is 0 Å². The Hall–Kier alpha value is -2.59. The van der Waals surface area contributed by atoms with Gasteiger partial charge in [-0.05, 0) is 30.0 Å². The van der Waals surface area contributed by atoms with E-state index in [1.54, 1.807) is 37.3 Å². The molecule has 3 aliphatic rings. The molecular weight excluding hydrogens is 514 g/mol. The van der Waals surface area contributed by atoms with Gasteiger partial charge < -0.3 is 24.3 Å². The van der Waals surface area contributed by atoms with Crippen LogP contribution in [0.1, 0.15) is 72.2 Å². The third kappa shape index (κ3) is 4.43. The van der Waals surface area contributed by atoms with Crippen LogP contribution in [0.15, 0.2) is 53.8 Å². The highest BCUT2D eigenvalue weighted by Crippen LogP contribution is 2.52. The van der Waals surface area contributed by atoms with Gasteiger partial charge in [0.1, 0.15) is 18.0 Å². The zero-order valence-corrected chi connectivity index (χ0v) is 25.1. The molecule has 0 bridgehead atoms. The summed E-state index contributed by atoms with van der Waals surface area (Å²) in [6.45, 7) is 15.9. The summed E-state index contributed by atoms with van der Waals surface area (Å²) in [4.78, 5) is 41.8. The standard InChI is InChI=1S/C30H41NO7Si/c1-9-10-16-22-24(36-22)23-20(8)25(32)29(37-23)27(38-39(17(2)3,18(4)5)19(6)7)30(35,31-28(29)34)26(33)21-14-12-11-13-15-21/h10-19,22,24,27,35H,9H2,1-8H3,(H,31,34)/b16-10-/t22-,24+,27+,29+,30+/m0/s1. The number of benzene rings is 1. The van der Waals surface area contributed by atoms with E-state index >= 15 is 0 Å². The van der Waals surface area contributed by atoms with Gasteiger partial charge in [0.05, 0.1) is 0 Å². The SMILES string of the molecule is CC/C=C\[C@@H]1O[C@H]1C1=C(C)C(=O)[C@]2(O1)C(=O)N[C@@](O)(C(=O)c1ccccc1)[C@@H]2O[Si](C(C)C)(C(C)C)C(C)C. The van der Waals surface area contributed by atoms with E-state index in [4.69, 9.17) is 13.9 Å². The molecule has 39 heavy (non-hydrogen) atoms. The highest BCUT2D eigenvalue weighted by molar-refractivity contribution is 6.77. The largest absolute Gasteiger partial charge is 0.467 e. The Morgan fingerprint density at radius 3 is 2.23 bits per heavy atom. The molecule has 212 valence electrons. The van der Waals surface area contributed by atoms with Gasteiger partial charge in [-0.25, -0.2) is 0 Å². The molecule has 0 aliphatic carbocycles. The predicted molar refractivity (Wildman–Crippen MR) is 149 cm³/mol. The van der Waals surface area contributed by atoms with Crippen molar-refractivity contribution in [3.8, 4) is 0 Å². The van der Waals surface area contributed by atoms with E-state index in [1.807, 2.05) is 19.1 Å². The van der Waals surface area contributed by atoms with Crippen molar-refractivity contribution in [2.24, 2.45) is 0 Å². The third-order valence-electron chi connectivity index (χ3n) is 8.47. The number of allylic oxidation sites excluding steroid dienone is 1. The smallest absolute Gasteiger partial charge is 0.278 e. The number of hydrogen-bond acceptors (Lipinski definition) is 7. The van der Waals surface area contributed by atoms with E-state index in [1.165, 1.54) is 0 Å². The number of Topliss-reactive ketones (excluding diaryl/α,β-unsaturated/α-hetero) is 2. The molecule has 1 spiro atoms. The maximum absolute atomic E-state index is 14.1. The number of amides is 1. The average Bonchev–Trinajstić information content (AvgIpc) is 3.56. The van der Waals surface area contributed by atoms with Gasteiger partial charge >= 0.3 is 0 Å². The van der Waals surface area contributed by atoms with Crippen molar-refractivity contribution in [2.75, 3.05) is 0 Å². The number of hydrogen-bond donors (Lipinski definition) is 2. The topological polar surface area (TPSA) is 114 Å². The summed E-state index contributed by atoms with van der Waals surface area (Å²) in [5.41, 5.74) is -4.22. The van der Waals surface area contributed by atoms with E-state index in [-0.39, 0.29) is 39.6 Å². The van der Waals surface area contributed by atoms with Crippen LogP contribution in [0.25, 0.3) is 0 Å². The molecule has 0 aromatic heterocycles. The number of ketones is 2. The van der Waals surface area contributed by atoms with E-state index in [2.05, 4.69) is 46.9 Å². The van der Waals surface area contributed by atoms with Crippen molar-refractivity contribution in [3.05, 3.63) is 59.4 Å². The molecule has 0 radical (unpaired) electrons. The van der Waals surface area contributed by atoms with Crippen LogP contribution in [0.3, 0.4) is 0 Å². The first-order valence-corrected chi connectivity index (χ1v) is 16.0. The number of nitrogens with one attached hydrogen (secondary N) is 1. The van der Waals surface area contributed by atoms with Gasteiger partial charge in [0.15, 0.2) is 6.10 Å². The molecule has 3 heterocycles. The number of rotatable bonds is 10. The van der Waals surface area contributed by atoms with Crippen molar-refractivity contribution in [1.29, 1.82) is 0 Å². The molecule has 2 saturated heterocycles. The molecule has 0 unspecified atom stereocenters. The fourth-order valence-corrected chi connectivity index (χ4v) is 12.1. The number of ether oxygens (including phenoxy) is 2. The maximum Gasteiger partial charge on any atom is 0.278 e. The van der Waals surface area contributed by atoms with Gasteiger partial charge in [-0.3, -0.25) is 14.4 Å². The number of carbonyl (C=O) groups excluding carboxylic acids is 3. The molecule has 1 aromatic rings. The first-order chi connectivity index (χ1) is 18.3. The monoisotopic (exact) mass is 555 g/mol. The van der Waals surface area contributed by atoms with Gasteiger partial charge in [-0.2, -0.15) is 0 Å². The highest BCUT2D eigenvalue weighted by Gasteiger charge is 2.76. The summed E-state index contributed by atoms with van der Waals surface area (Å²) in [6.07, 6.45) is 2.29. The van der Waals surface area contributed by atoms with Gasteiger partial charge in [-0.15, -0.1) is 0 Å². The molecule has 1 aromatic carbocycles. The zero-order valence-electron chi connectivity index (χ0n) is 24.1. The molecule has 2 N–H and O–H groups in total. The first-order valence-electron chi connectivity index (χ1n) is 13.9. The van der Waals surface area contributed by atoms with Crippen LogP contribution >= 0.6 is 0 Å². The average molecular weight is 556 g/mol. The lowest BCUT2D eigenvalue weighted by Gasteiger charge is -2.47. The minimum Gasteiger partial charge on any atom is -0.467 e. The van der Waals surface area contributed by atoms with Gasteiger partial charge in [0, 0.05) is 11.1 Å². The molecule has 3 aliphatic heterocycles. The molecule has 4 rings (SSSR count). The summed E-state index contributed by atoms with van der Waals surface area (Å²) in [7, 11) is -2.87. The zero-order chi connectivity index (χ0) is 28.9. The second-order valence-corrected chi connectivity index (χ2v) is 17.2. The second-order valence-electron chi connectivity index (χ2n) is 11.7. The molecule has 8 nitrogen and oxygen atoms in total. The van der Waals surface area contributed by atoms with E-state index in [9.17, 15) is 19.5 Å². The molecule has 1 amide bonds. The fourth-order valence-electron chi connectivity index (χ4n) is 6.54.